The van der Waals surface area contributed by atoms with Gasteiger partial charge in [0, 0.05) is 40.8 Å². The van der Waals surface area contributed by atoms with Gasteiger partial charge in [0.25, 0.3) is 10.0 Å². The fourth-order valence-electron chi connectivity index (χ4n) is 4.37. The van der Waals surface area contributed by atoms with Gasteiger partial charge in [-0.25, -0.2) is 18.4 Å². The second-order valence-electron chi connectivity index (χ2n) is 8.40. The number of hydrogen-bond donors (Lipinski definition) is 1. The first kappa shape index (κ1) is 23.1. The molecule has 2 atom stereocenters. The molecule has 1 aliphatic heterocycles. The smallest absolute Gasteiger partial charge is 0.252 e. The highest BCUT2D eigenvalue weighted by Crippen LogP contribution is 2.34. The highest BCUT2D eigenvalue weighted by Gasteiger charge is 2.38. The lowest BCUT2D eigenvalue weighted by atomic mass is 10.1. The molecular formula is C23H22ClN5O3S2. The van der Waals surface area contributed by atoms with Crippen molar-refractivity contribution in [2.45, 2.75) is 29.8 Å². The maximum absolute atomic E-state index is 13.4. The number of benzene rings is 2. The van der Waals surface area contributed by atoms with Crippen LogP contribution in [0, 0.1) is 0 Å². The van der Waals surface area contributed by atoms with Crippen molar-refractivity contribution in [2.75, 3.05) is 18.8 Å². The Bertz CT molecular complexity index is 1510. The van der Waals surface area contributed by atoms with Gasteiger partial charge < -0.3 is 10.5 Å². The number of hydrogen-bond acceptors (Lipinski definition) is 8. The molecule has 2 aromatic carbocycles. The van der Waals surface area contributed by atoms with E-state index in [1.54, 1.807) is 18.2 Å². The monoisotopic (exact) mass is 515 g/mol. The summed E-state index contributed by atoms with van der Waals surface area (Å²) < 4.78 is 29.3. The Hall–Kier alpha value is -2.63. The van der Waals surface area contributed by atoms with Gasteiger partial charge in [-0.15, -0.1) is 11.3 Å². The Morgan fingerprint density at radius 1 is 1.18 bits per heavy atom. The predicted octanol–water partition coefficient (Wildman–Crippen LogP) is 3.54. The Labute approximate surface area is 206 Å². The van der Waals surface area contributed by atoms with E-state index in [1.165, 1.54) is 22.0 Å². The van der Waals surface area contributed by atoms with Gasteiger partial charge in [0.15, 0.2) is 0 Å². The number of nitrogen functional groups attached to an aromatic ring is 1. The summed E-state index contributed by atoms with van der Waals surface area (Å²) >= 11 is 7.25. The van der Waals surface area contributed by atoms with Crippen molar-refractivity contribution < 1.29 is 13.2 Å². The van der Waals surface area contributed by atoms with Crippen LogP contribution in [-0.2, 0) is 21.4 Å². The number of aldehydes is 1. The van der Waals surface area contributed by atoms with Crippen LogP contribution < -0.4 is 5.73 Å². The van der Waals surface area contributed by atoms with Crippen molar-refractivity contribution in [3.05, 3.63) is 59.4 Å². The lowest BCUT2D eigenvalue weighted by Gasteiger charge is -2.42. The van der Waals surface area contributed by atoms with E-state index in [0.29, 0.717) is 17.4 Å². The predicted molar refractivity (Wildman–Crippen MR) is 134 cm³/mol. The number of aromatic nitrogens is 2. The van der Waals surface area contributed by atoms with E-state index in [-0.39, 0.29) is 23.3 Å². The van der Waals surface area contributed by atoms with Gasteiger partial charge in [0.05, 0.1) is 11.6 Å². The second-order valence-corrected chi connectivity index (χ2v) is 12.1. The van der Waals surface area contributed by atoms with E-state index in [1.807, 2.05) is 36.1 Å². The van der Waals surface area contributed by atoms with Crippen molar-refractivity contribution >= 4 is 66.1 Å². The molecule has 4 aromatic rings. The van der Waals surface area contributed by atoms with Crippen molar-refractivity contribution in [1.29, 1.82) is 0 Å². The number of sulfonamides is 1. The number of anilines is 1. The summed E-state index contributed by atoms with van der Waals surface area (Å²) in [4.78, 5) is 22.3. The molecule has 2 aromatic heterocycles. The van der Waals surface area contributed by atoms with Gasteiger partial charge in [-0.1, -0.05) is 23.7 Å². The number of piperazine rings is 1. The second kappa shape index (κ2) is 8.86. The number of nitrogens with two attached hydrogens (primary N) is 1. The maximum atomic E-state index is 13.4. The number of rotatable bonds is 5. The van der Waals surface area contributed by atoms with E-state index >= 15 is 0 Å². The molecule has 2 N–H and O–H groups in total. The Morgan fingerprint density at radius 3 is 2.79 bits per heavy atom. The quantitative estimate of drug-likeness (QED) is 0.405. The van der Waals surface area contributed by atoms with E-state index in [9.17, 15) is 13.2 Å². The summed E-state index contributed by atoms with van der Waals surface area (Å²) in [6, 6.07) is 12.0. The molecule has 0 radical (unpaired) electrons. The lowest BCUT2D eigenvalue weighted by molar-refractivity contribution is -0.115. The molecule has 0 bridgehead atoms. The van der Waals surface area contributed by atoms with Crippen LogP contribution in [0.1, 0.15) is 12.5 Å². The molecular weight excluding hydrogens is 494 g/mol. The van der Waals surface area contributed by atoms with Gasteiger partial charge in [-0.05, 0) is 48.2 Å². The molecule has 176 valence electrons. The minimum Gasteiger partial charge on any atom is -0.383 e. The molecule has 1 aliphatic rings. The Balaban J connectivity index is 1.39. The molecule has 1 saturated heterocycles. The number of fused-ring (bicyclic) bond motifs is 2. The van der Waals surface area contributed by atoms with E-state index in [4.69, 9.17) is 17.3 Å². The van der Waals surface area contributed by atoms with Gasteiger partial charge in [-0.2, -0.15) is 4.31 Å². The average Bonchev–Trinajstić information content (AvgIpc) is 3.24. The normalized spacial score (nSPS) is 20.2. The van der Waals surface area contributed by atoms with E-state index in [2.05, 4.69) is 9.97 Å². The zero-order chi connectivity index (χ0) is 24.0. The number of carbonyl (C=O) groups excluding carboxylic acids is 1. The SMILES string of the molecule is CC1CN(S(=O)(=O)c2cc3ccc(Cl)cc3s2)CC(C=O)N1Cc1ccc2c(N)ncnc2c1. The summed E-state index contributed by atoms with van der Waals surface area (Å²) in [6.07, 6.45) is 2.24. The third-order valence-electron chi connectivity index (χ3n) is 6.16. The first-order valence-corrected chi connectivity index (χ1v) is 13.3. The summed E-state index contributed by atoms with van der Waals surface area (Å²) in [7, 11) is -3.75. The van der Waals surface area contributed by atoms with Crippen LogP contribution in [0.5, 0.6) is 0 Å². The molecule has 11 heteroatoms. The van der Waals surface area contributed by atoms with Crippen LogP contribution in [0.2, 0.25) is 5.02 Å². The molecule has 0 amide bonds. The highest BCUT2D eigenvalue weighted by molar-refractivity contribution is 7.91. The Morgan fingerprint density at radius 2 is 2.00 bits per heavy atom. The van der Waals surface area contributed by atoms with Crippen molar-refractivity contribution in [2.24, 2.45) is 0 Å². The molecule has 8 nitrogen and oxygen atoms in total. The third kappa shape index (κ3) is 4.16. The molecule has 5 rings (SSSR count). The van der Waals surface area contributed by atoms with Crippen LogP contribution in [-0.4, -0.2) is 59.1 Å². The molecule has 3 heterocycles. The van der Waals surface area contributed by atoms with Gasteiger partial charge in [-0.3, -0.25) is 4.90 Å². The summed E-state index contributed by atoms with van der Waals surface area (Å²) in [6.45, 7) is 2.79. The van der Waals surface area contributed by atoms with Crippen LogP contribution in [0.3, 0.4) is 0 Å². The first-order valence-electron chi connectivity index (χ1n) is 10.7. The highest BCUT2D eigenvalue weighted by atomic mass is 35.5. The number of nitrogens with zero attached hydrogens (tertiary/aromatic N) is 4. The van der Waals surface area contributed by atoms with Gasteiger partial charge in [0.2, 0.25) is 0 Å². The molecule has 0 saturated carbocycles. The zero-order valence-corrected chi connectivity index (χ0v) is 20.6. The summed E-state index contributed by atoms with van der Waals surface area (Å²) in [5.41, 5.74) is 7.60. The van der Waals surface area contributed by atoms with Gasteiger partial charge >= 0.3 is 0 Å². The van der Waals surface area contributed by atoms with Crippen molar-refractivity contribution in [3.63, 3.8) is 0 Å². The molecule has 2 unspecified atom stereocenters. The minimum absolute atomic E-state index is 0.0911. The number of halogens is 1. The summed E-state index contributed by atoms with van der Waals surface area (Å²) in [5.74, 6) is 0.415. The first-order chi connectivity index (χ1) is 16.3. The van der Waals surface area contributed by atoms with E-state index in [0.717, 1.165) is 32.8 Å². The average molecular weight is 516 g/mol. The van der Waals surface area contributed by atoms with Crippen molar-refractivity contribution in [3.8, 4) is 0 Å². The van der Waals surface area contributed by atoms with E-state index < -0.39 is 16.1 Å². The molecule has 1 fully saturated rings. The molecule has 0 aliphatic carbocycles. The molecule has 0 spiro atoms. The lowest BCUT2D eigenvalue weighted by Crippen LogP contribution is -2.58. The van der Waals surface area contributed by atoms with Crippen LogP contribution >= 0.6 is 22.9 Å². The topological polar surface area (TPSA) is 109 Å². The standard InChI is InChI=1S/C23H22ClN5O3S2/c1-14-9-28(34(31,32)22-7-16-3-4-17(24)8-21(16)33-22)11-18(12-30)29(14)10-15-2-5-19-20(6-15)26-13-27-23(19)25/h2-8,12-14,18H,9-11H2,1H3,(H2,25,26,27). The molecule has 34 heavy (non-hydrogen) atoms. The van der Waals surface area contributed by atoms with Gasteiger partial charge in [0.1, 0.15) is 22.6 Å². The fraction of sp³-hybridized carbons (Fsp3) is 0.261. The van der Waals surface area contributed by atoms with Crippen LogP contribution in [0.15, 0.2) is 53.0 Å². The zero-order valence-electron chi connectivity index (χ0n) is 18.3. The van der Waals surface area contributed by atoms with Crippen LogP contribution in [0.25, 0.3) is 21.0 Å². The minimum atomic E-state index is -3.75. The Kier molecular flexibility index (Phi) is 6.03. The van der Waals surface area contributed by atoms with Crippen molar-refractivity contribution in [1.82, 2.24) is 19.2 Å². The summed E-state index contributed by atoms with van der Waals surface area (Å²) in [5, 5.41) is 2.16. The number of thiophene rings is 1. The van der Waals surface area contributed by atoms with Crippen LogP contribution in [0.4, 0.5) is 5.82 Å². The third-order valence-corrected chi connectivity index (χ3v) is 9.77. The number of carbonyl (C=O) groups is 1. The fourth-order valence-corrected chi connectivity index (χ4v) is 7.74. The largest absolute Gasteiger partial charge is 0.383 e. The maximum Gasteiger partial charge on any atom is 0.252 e.